The number of hydrogen-bond acceptors (Lipinski definition) is 13. The monoisotopic (exact) mass is 2010 g/mol. The van der Waals surface area contributed by atoms with Crippen LogP contribution in [0.4, 0.5) is 0 Å². The summed E-state index contributed by atoms with van der Waals surface area (Å²) in [5.74, 6) is 4.62. The van der Waals surface area contributed by atoms with Gasteiger partial charge >= 0.3 is 0 Å². The Hall–Kier alpha value is -11.9. The molecule has 0 spiro atoms. The molecule has 0 aliphatic heterocycles. The molecule has 0 saturated heterocycles. The highest BCUT2D eigenvalue weighted by molar-refractivity contribution is 9.11. The molecule has 0 amide bonds. The van der Waals surface area contributed by atoms with Crippen molar-refractivity contribution in [1.82, 2.24) is 0 Å². The smallest absolute Gasteiger partial charge is 0.143 e. The number of phenolic OH excluding ortho intramolecular Hbond substituents is 13. The van der Waals surface area contributed by atoms with E-state index in [-0.39, 0.29) is 79.5 Å². The van der Waals surface area contributed by atoms with E-state index in [4.69, 9.17) is 10.2 Å². The molecule has 18 rings (SSSR count). The molecule has 13 nitrogen and oxygen atoms in total. The van der Waals surface area contributed by atoms with Crippen LogP contribution >= 0.6 is 63.7 Å². The van der Waals surface area contributed by atoms with Gasteiger partial charge in [0.1, 0.15) is 74.7 Å². The van der Waals surface area contributed by atoms with Crippen LogP contribution in [0.1, 0.15) is 226 Å². The molecule has 0 unspecified atom stereocenters. The molecule has 0 atom stereocenters. The van der Waals surface area contributed by atoms with E-state index in [0.29, 0.717) is 47.6 Å². The minimum atomic E-state index is -0.477. The zero-order valence-corrected chi connectivity index (χ0v) is 80.7. The normalized spacial score (nSPS) is 14.0. The minimum absolute atomic E-state index is 0.00643. The number of fused-ring (bicyclic) bond motifs is 2. The van der Waals surface area contributed by atoms with Gasteiger partial charge in [-0.1, -0.05) is 249 Å². The molecule has 17 heteroatoms. The van der Waals surface area contributed by atoms with Crippen LogP contribution in [0.15, 0.2) is 321 Å². The van der Waals surface area contributed by atoms with Crippen molar-refractivity contribution >= 4 is 85.3 Å². The topological polar surface area (TPSA) is 263 Å². The molecule has 3 aliphatic rings. The van der Waals surface area contributed by atoms with Crippen LogP contribution in [-0.2, 0) is 34.5 Å². The molecule has 0 aromatic heterocycles. The first-order valence-electron chi connectivity index (χ1n) is 44.7. The number of benzene rings is 15. The van der Waals surface area contributed by atoms with Gasteiger partial charge in [0.15, 0.2) is 0 Å². The summed E-state index contributed by atoms with van der Waals surface area (Å²) in [6.07, 6.45) is 20.0. The molecule has 15 aromatic carbocycles. The number of phenols is 13. The maximum atomic E-state index is 10.8. The van der Waals surface area contributed by atoms with Gasteiger partial charge in [0.2, 0.25) is 0 Å². The fourth-order valence-electron chi connectivity index (χ4n) is 18.5. The molecular weight excluding hydrogens is 1900 g/mol. The number of hydrogen-bond donors (Lipinski definition) is 13. The highest BCUT2D eigenvalue weighted by Crippen LogP contribution is 2.51. The molecular formula is C114H114Br4O13. The Morgan fingerprint density at radius 1 is 0.275 bits per heavy atom. The first-order valence-corrected chi connectivity index (χ1v) is 47.9. The second-order valence-electron chi connectivity index (χ2n) is 35.8. The molecule has 3 saturated carbocycles. The Kier molecular flexibility index (Phi) is 32.1. The Morgan fingerprint density at radius 3 is 0.962 bits per heavy atom. The predicted octanol–water partition coefficient (Wildman–Crippen LogP) is 30.2. The molecule has 0 bridgehead atoms. The van der Waals surface area contributed by atoms with Crippen LogP contribution in [0.2, 0.25) is 0 Å². The van der Waals surface area contributed by atoms with Crippen molar-refractivity contribution in [3.63, 3.8) is 0 Å². The van der Waals surface area contributed by atoms with Gasteiger partial charge in [0.25, 0.3) is 0 Å². The molecule has 0 radical (unpaired) electrons. The van der Waals surface area contributed by atoms with Crippen molar-refractivity contribution in [3.05, 3.63) is 405 Å². The summed E-state index contributed by atoms with van der Waals surface area (Å²) >= 11 is 13.5. The maximum Gasteiger partial charge on any atom is 0.143 e. The molecule has 3 aliphatic carbocycles. The zero-order valence-electron chi connectivity index (χ0n) is 74.4. The number of aromatic hydroxyl groups is 13. The van der Waals surface area contributed by atoms with Gasteiger partial charge in [0.05, 0.1) is 17.9 Å². The van der Waals surface area contributed by atoms with Crippen molar-refractivity contribution in [2.45, 2.75) is 177 Å². The van der Waals surface area contributed by atoms with E-state index >= 15 is 0 Å². The van der Waals surface area contributed by atoms with Gasteiger partial charge in [-0.15, -0.1) is 0 Å². The van der Waals surface area contributed by atoms with Crippen LogP contribution in [0.3, 0.4) is 0 Å². The van der Waals surface area contributed by atoms with Crippen LogP contribution in [0, 0.1) is 0 Å². The Bertz CT molecular complexity index is 5960. The lowest BCUT2D eigenvalue weighted by Crippen LogP contribution is -2.31. The Labute approximate surface area is 802 Å². The van der Waals surface area contributed by atoms with Crippen molar-refractivity contribution in [3.8, 4) is 74.7 Å². The maximum absolute atomic E-state index is 10.8. The standard InChI is InChI=1S/C30H40O2.C21H16O2.C20H18O3.C15H12Br4O2.C15H16O2.C13H12O2/c31-28-16-14-24(20-26(28)22-10-4-1-5-11-22)30(18-8-3-9-19-30)25-15-17-29(32)27(21-25)23-12-6-2-7-13-23;22-20-10-9-14-5-3-4-8-18(14)19(20)12-17-11-15-6-1-2-7-16(15)13-21(17)23;1-20(14-2-8-17(21)9-3-14,15-4-10-18(22)11-5-15)16-6-12-19(23)13-7-16;1-15(2,7-3-9(16)13(20)10(17)4-7)8-5-11(18)14(21)12(19)6-8;1-15(2,11-3-7-13(16)8-4-11)12-5-9-14(17)10-6-12;14-12-5-1-10(2-6-12)9-11-3-7-13(15)8-4-11/h14-17,20-23,31-32H,1-13,18-19H2;1-11,13,22-23H,12H2;2-13,21-23H,1H3;3-6,20-21H,1-2H3;3-10,16-17H,1-2H3;1-8,14-15H,9H2. The fourth-order valence-corrected chi connectivity index (χ4v) is 20.9. The quantitative estimate of drug-likeness (QED) is 0.0427. The average molecular weight is 2010 g/mol. The molecule has 3 fully saturated rings. The first kappa shape index (κ1) is 96.7. The van der Waals surface area contributed by atoms with Gasteiger partial charge in [-0.3, -0.25) is 0 Å². The van der Waals surface area contributed by atoms with Gasteiger partial charge in [0, 0.05) is 33.6 Å². The summed E-state index contributed by atoms with van der Waals surface area (Å²) in [7, 11) is 0. The molecule has 131 heavy (non-hydrogen) atoms. The summed E-state index contributed by atoms with van der Waals surface area (Å²) in [6, 6.07) is 94.0. The zero-order chi connectivity index (χ0) is 93.3. The number of rotatable bonds is 15. The third-order valence-corrected chi connectivity index (χ3v) is 29.0. The summed E-state index contributed by atoms with van der Waals surface area (Å²) in [4.78, 5) is 0. The minimum Gasteiger partial charge on any atom is -0.508 e. The van der Waals surface area contributed by atoms with E-state index in [1.165, 1.54) is 106 Å². The van der Waals surface area contributed by atoms with E-state index < -0.39 is 5.41 Å². The van der Waals surface area contributed by atoms with Crippen molar-refractivity contribution in [2.75, 3.05) is 0 Å². The second-order valence-corrected chi connectivity index (χ2v) is 39.3. The van der Waals surface area contributed by atoms with Crippen LogP contribution < -0.4 is 0 Å². The average Bonchev–Trinajstić information content (AvgIpc) is 0.751. The molecule has 676 valence electrons. The van der Waals surface area contributed by atoms with Gasteiger partial charge < -0.3 is 66.4 Å². The van der Waals surface area contributed by atoms with E-state index in [1.54, 1.807) is 97.1 Å². The van der Waals surface area contributed by atoms with Crippen molar-refractivity contribution in [1.29, 1.82) is 0 Å². The van der Waals surface area contributed by atoms with Crippen molar-refractivity contribution in [2.24, 2.45) is 0 Å². The van der Waals surface area contributed by atoms with Crippen molar-refractivity contribution < 1.29 is 66.4 Å². The lowest BCUT2D eigenvalue weighted by molar-refractivity contribution is 0.342. The Balaban J connectivity index is 0.000000136. The van der Waals surface area contributed by atoms with Gasteiger partial charge in [-0.05, 0) is 366 Å². The van der Waals surface area contributed by atoms with E-state index in [0.717, 1.165) is 102 Å². The largest absolute Gasteiger partial charge is 0.508 e. The second kappa shape index (κ2) is 43.5. The lowest BCUT2D eigenvalue weighted by atomic mass is 9.64. The SMILES string of the molecule is CC(C)(c1cc(Br)c(O)c(Br)c1)c1cc(Br)c(O)c(Br)c1.CC(C)(c1ccc(O)cc1)c1ccc(O)cc1.CC(c1ccc(O)cc1)(c1ccc(O)cc1)c1ccc(O)cc1.Oc1cc2ccccc2cc1Cc1c(O)ccc2ccccc12.Oc1ccc(C2(c3ccc(O)c(C4CCCCC4)c3)CCCCC2)cc1C1CCCCC1.Oc1ccc(Cc2ccc(O)cc2)cc1. The van der Waals surface area contributed by atoms with E-state index in [1.807, 2.05) is 182 Å². The summed E-state index contributed by atoms with van der Waals surface area (Å²) in [5, 5.41) is 132. The highest BCUT2D eigenvalue weighted by atomic mass is 79.9. The van der Waals surface area contributed by atoms with E-state index in [9.17, 15) is 56.2 Å². The summed E-state index contributed by atoms with van der Waals surface area (Å²) < 4.78 is 2.54. The Morgan fingerprint density at radius 2 is 0.588 bits per heavy atom. The van der Waals surface area contributed by atoms with Gasteiger partial charge in [-0.25, -0.2) is 0 Å². The van der Waals surface area contributed by atoms with Gasteiger partial charge in [-0.2, -0.15) is 0 Å². The third kappa shape index (κ3) is 23.7. The third-order valence-electron chi connectivity index (χ3n) is 26.6. The molecule has 13 N–H and O–H groups in total. The van der Waals surface area contributed by atoms with Crippen LogP contribution in [0.25, 0.3) is 21.5 Å². The summed E-state index contributed by atoms with van der Waals surface area (Å²) in [6.45, 7) is 10.5. The highest BCUT2D eigenvalue weighted by Gasteiger charge is 2.39. The van der Waals surface area contributed by atoms with Crippen LogP contribution in [-0.4, -0.2) is 66.4 Å². The lowest BCUT2D eigenvalue weighted by Gasteiger charge is -2.40. The number of halogens is 4. The van der Waals surface area contributed by atoms with E-state index in [2.05, 4.69) is 123 Å². The molecule has 0 heterocycles. The first-order chi connectivity index (χ1) is 62.8. The molecule has 15 aromatic rings. The predicted molar refractivity (Wildman–Crippen MR) is 542 cm³/mol. The fraction of sp³-hybridized carbons (Fsp3) is 0.246. The van der Waals surface area contributed by atoms with Crippen LogP contribution in [0.5, 0.6) is 74.7 Å². The summed E-state index contributed by atoms with van der Waals surface area (Å²) in [5.41, 5.74) is 15.5.